The second-order valence-corrected chi connectivity index (χ2v) is 11.2. The van der Waals surface area contributed by atoms with Crippen LogP contribution in [0, 0.1) is 11.8 Å². The fourth-order valence-electron chi connectivity index (χ4n) is 3.93. The Kier molecular flexibility index (Phi) is 12.3. The Morgan fingerprint density at radius 3 is 2.18 bits per heavy atom. The summed E-state index contributed by atoms with van der Waals surface area (Å²) in [6.45, 7) is 7.93. The molecule has 3 aromatic rings. The van der Waals surface area contributed by atoms with Crippen LogP contribution in [0.4, 0.5) is 0 Å². The molecule has 12 heteroatoms. The molecule has 1 heterocycles. The largest absolute Gasteiger partial charge is 0.463 e. The molecule has 0 saturated carbocycles. The molecule has 0 bridgehead atoms. The van der Waals surface area contributed by atoms with Gasteiger partial charge in [-0.15, -0.1) is 0 Å². The molecule has 4 N–H and O–H groups in total. The Morgan fingerprint density at radius 2 is 1.59 bits per heavy atom. The van der Waals surface area contributed by atoms with Crippen LogP contribution in [0.3, 0.4) is 0 Å². The van der Waals surface area contributed by atoms with Gasteiger partial charge in [0.15, 0.2) is 18.6 Å². The number of aromatic nitrogens is 2. The van der Waals surface area contributed by atoms with E-state index in [2.05, 4.69) is 10.5 Å². The molecule has 0 aliphatic rings. The number of nitrogens with one attached hydrogen (secondary N) is 1. The van der Waals surface area contributed by atoms with Gasteiger partial charge in [-0.05, 0) is 28.5 Å². The summed E-state index contributed by atoms with van der Waals surface area (Å²) < 4.78 is 11.5. The van der Waals surface area contributed by atoms with Crippen molar-refractivity contribution in [2.75, 3.05) is 13.2 Å². The molecule has 2 aromatic carbocycles. The number of nitrogens with two attached hydrogens (primary N) is 1. The predicted octanol–water partition coefficient (Wildman–Crippen LogP) is 2.94. The summed E-state index contributed by atoms with van der Waals surface area (Å²) in [6.07, 6.45) is -1.55. The van der Waals surface area contributed by atoms with E-state index in [0.717, 1.165) is 21.4 Å². The average molecular weight is 608 g/mol. The lowest BCUT2D eigenvalue weighted by Gasteiger charge is -2.25. The number of rotatable bonds is 15. The van der Waals surface area contributed by atoms with Gasteiger partial charge in [0, 0.05) is 13.0 Å². The van der Waals surface area contributed by atoms with E-state index in [9.17, 15) is 24.3 Å². The highest BCUT2D eigenvalue weighted by atomic mass is 16.6. The van der Waals surface area contributed by atoms with Crippen LogP contribution in [0.5, 0.6) is 0 Å². The number of carbonyl (C=O) groups excluding carboxylic acids is 4. The maximum atomic E-state index is 13.9. The molecule has 1 amide bonds. The first-order chi connectivity index (χ1) is 20.9. The van der Waals surface area contributed by atoms with Gasteiger partial charge in [-0.3, -0.25) is 19.4 Å². The standard InChI is InChI=1S/C32H41N5O7/c1-20(2)18-43-31(41)28(39)16-34-36(17-23-11-13-25(14-12-23)24-9-7-6-8-10-24)30(40)27-15-26(22(5)38)35-37(27)19-44-32(42)29(33)21(3)4/h6-15,20-21,28-29,34,39H,16-19,33H2,1-5H3. The van der Waals surface area contributed by atoms with Crippen LogP contribution in [-0.2, 0) is 32.3 Å². The van der Waals surface area contributed by atoms with Gasteiger partial charge in [-0.25, -0.2) is 14.9 Å². The smallest absolute Gasteiger partial charge is 0.336 e. The SMILES string of the molecule is CC(=O)c1cc(C(=O)N(Cc2ccc(-c3ccccc3)cc2)NCC(O)C(=O)OCC(C)C)n(COC(=O)C(N)C(C)C)n1. The lowest BCUT2D eigenvalue weighted by Crippen LogP contribution is -2.48. The highest BCUT2D eigenvalue weighted by Gasteiger charge is 2.27. The maximum Gasteiger partial charge on any atom is 0.336 e. The molecule has 0 fully saturated rings. The van der Waals surface area contributed by atoms with E-state index in [1.807, 2.05) is 68.4 Å². The summed E-state index contributed by atoms with van der Waals surface area (Å²) in [5, 5.41) is 15.8. The minimum atomic E-state index is -1.55. The molecule has 12 nitrogen and oxygen atoms in total. The quantitative estimate of drug-likeness (QED) is 0.133. The number of hydrazine groups is 1. The molecule has 1 aromatic heterocycles. The molecule has 0 saturated heterocycles. The molecular formula is C32H41N5O7. The number of benzene rings is 2. The third-order valence-corrected chi connectivity index (χ3v) is 6.63. The van der Waals surface area contributed by atoms with E-state index in [0.29, 0.717) is 0 Å². The van der Waals surface area contributed by atoms with E-state index < -0.39 is 42.5 Å². The third kappa shape index (κ3) is 9.56. The summed E-state index contributed by atoms with van der Waals surface area (Å²) in [7, 11) is 0. The van der Waals surface area contributed by atoms with Crippen LogP contribution in [0.2, 0.25) is 0 Å². The minimum Gasteiger partial charge on any atom is -0.463 e. The van der Waals surface area contributed by atoms with Crippen molar-refractivity contribution in [1.29, 1.82) is 0 Å². The first kappa shape index (κ1) is 34.1. The number of aliphatic hydroxyl groups is 1. The van der Waals surface area contributed by atoms with Crippen molar-refractivity contribution in [2.45, 2.75) is 60.0 Å². The van der Waals surface area contributed by atoms with E-state index in [1.54, 1.807) is 13.8 Å². The van der Waals surface area contributed by atoms with Crippen molar-refractivity contribution in [2.24, 2.45) is 17.6 Å². The number of esters is 2. The van der Waals surface area contributed by atoms with Crippen molar-refractivity contribution >= 4 is 23.6 Å². The van der Waals surface area contributed by atoms with Crippen LogP contribution >= 0.6 is 0 Å². The third-order valence-electron chi connectivity index (χ3n) is 6.63. The van der Waals surface area contributed by atoms with Crippen molar-refractivity contribution in [3.8, 4) is 11.1 Å². The molecular weight excluding hydrogens is 566 g/mol. The number of carbonyl (C=O) groups is 4. The summed E-state index contributed by atoms with van der Waals surface area (Å²) >= 11 is 0. The molecule has 3 rings (SSSR count). The van der Waals surface area contributed by atoms with Gasteiger partial charge in [0.05, 0.1) is 19.7 Å². The van der Waals surface area contributed by atoms with Crippen LogP contribution in [-0.4, -0.2) is 68.8 Å². The van der Waals surface area contributed by atoms with Gasteiger partial charge in [0.2, 0.25) is 0 Å². The fourth-order valence-corrected chi connectivity index (χ4v) is 3.93. The number of amides is 1. The lowest BCUT2D eigenvalue weighted by molar-refractivity contribution is -0.154. The molecule has 44 heavy (non-hydrogen) atoms. The van der Waals surface area contributed by atoms with Gasteiger partial charge in [-0.2, -0.15) is 5.10 Å². The van der Waals surface area contributed by atoms with Crippen LogP contribution in [0.15, 0.2) is 60.7 Å². The molecule has 2 unspecified atom stereocenters. The van der Waals surface area contributed by atoms with Gasteiger partial charge in [0.25, 0.3) is 5.91 Å². The average Bonchev–Trinajstić information content (AvgIpc) is 3.45. The molecule has 236 valence electrons. The van der Waals surface area contributed by atoms with Crippen molar-refractivity contribution in [3.05, 3.63) is 77.6 Å². The molecule has 0 aliphatic carbocycles. The number of Topliss-reactive ketones (excluding diaryl/α,β-unsaturated/α-hetero) is 1. The van der Waals surface area contributed by atoms with Gasteiger partial charge in [0.1, 0.15) is 17.4 Å². The minimum absolute atomic E-state index is 0.0120. The lowest BCUT2D eigenvalue weighted by atomic mass is 10.0. The number of ketones is 1. The Hall–Kier alpha value is -4.39. The van der Waals surface area contributed by atoms with Crippen LogP contribution < -0.4 is 11.2 Å². The zero-order valence-electron chi connectivity index (χ0n) is 25.7. The molecule has 0 spiro atoms. The predicted molar refractivity (Wildman–Crippen MR) is 163 cm³/mol. The number of nitrogens with zero attached hydrogens (tertiary/aromatic N) is 3. The number of aliphatic hydroxyl groups excluding tert-OH is 1. The van der Waals surface area contributed by atoms with E-state index >= 15 is 0 Å². The Labute approximate surface area is 257 Å². The maximum absolute atomic E-state index is 13.9. The number of hydrogen-bond donors (Lipinski definition) is 3. The summed E-state index contributed by atoms with van der Waals surface area (Å²) in [4.78, 5) is 50.7. The topological polar surface area (TPSA) is 166 Å². The number of ether oxygens (including phenoxy) is 2. The van der Waals surface area contributed by atoms with Crippen molar-refractivity contribution in [1.82, 2.24) is 20.2 Å². The van der Waals surface area contributed by atoms with E-state index in [4.69, 9.17) is 15.2 Å². The first-order valence-corrected chi connectivity index (χ1v) is 14.4. The van der Waals surface area contributed by atoms with Crippen LogP contribution in [0.25, 0.3) is 11.1 Å². The zero-order valence-corrected chi connectivity index (χ0v) is 25.7. The summed E-state index contributed by atoms with van der Waals surface area (Å²) in [5.74, 6) is -2.67. The van der Waals surface area contributed by atoms with E-state index in [1.165, 1.54) is 18.0 Å². The summed E-state index contributed by atoms with van der Waals surface area (Å²) in [6, 6.07) is 17.7. The Morgan fingerprint density at radius 1 is 0.955 bits per heavy atom. The van der Waals surface area contributed by atoms with Crippen LogP contribution in [0.1, 0.15) is 61.2 Å². The van der Waals surface area contributed by atoms with Gasteiger partial charge >= 0.3 is 11.9 Å². The normalized spacial score (nSPS) is 12.6. The molecule has 2 atom stereocenters. The second-order valence-electron chi connectivity index (χ2n) is 11.2. The van der Waals surface area contributed by atoms with E-state index in [-0.39, 0.29) is 42.9 Å². The zero-order chi connectivity index (χ0) is 32.4. The van der Waals surface area contributed by atoms with Gasteiger partial charge in [-0.1, -0.05) is 82.3 Å². The molecule has 0 aliphatic heterocycles. The highest BCUT2D eigenvalue weighted by Crippen LogP contribution is 2.20. The fraction of sp³-hybridized carbons (Fsp3) is 0.406. The monoisotopic (exact) mass is 607 g/mol. The molecule has 0 radical (unpaired) electrons. The number of hydrogen-bond acceptors (Lipinski definition) is 10. The summed E-state index contributed by atoms with van der Waals surface area (Å²) in [5.41, 5.74) is 11.4. The Bertz CT molecular complexity index is 1420. The Balaban J connectivity index is 1.87. The first-order valence-electron chi connectivity index (χ1n) is 14.4. The highest BCUT2D eigenvalue weighted by molar-refractivity contribution is 5.97. The van der Waals surface area contributed by atoms with Gasteiger partial charge < -0.3 is 20.3 Å². The second kappa shape index (κ2) is 15.9. The van der Waals surface area contributed by atoms with Crippen molar-refractivity contribution in [3.63, 3.8) is 0 Å². The van der Waals surface area contributed by atoms with Crippen molar-refractivity contribution < 1.29 is 33.8 Å².